The Kier molecular flexibility index (Phi) is 8.45. The van der Waals surface area contributed by atoms with Crippen molar-refractivity contribution in [1.29, 1.82) is 0 Å². The molecule has 0 radical (unpaired) electrons. The van der Waals surface area contributed by atoms with Gasteiger partial charge in [-0.05, 0) is 70.0 Å². The molecule has 3 fully saturated rings. The Morgan fingerprint density at radius 3 is 2.54 bits per heavy atom. The summed E-state index contributed by atoms with van der Waals surface area (Å²) in [5.74, 6) is 0.278. The van der Waals surface area contributed by atoms with Gasteiger partial charge in [-0.1, -0.05) is 23.7 Å². The van der Waals surface area contributed by atoms with E-state index in [4.69, 9.17) is 35.5 Å². The van der Waals surface area contributed by atoms with E-state index in [1.807, 2.05) is 43.9 Å². The summed E-state index contributed by atoms with van der Waals surface area (Å²) >= 11 is 6.67. The molecule has 0 spiro atoms. The van der Waals surface area contributed by atoms with Crippen LogP contribution in [0.5, 0.6) is 11.8 Å². The number of hydrogen-bond acceptors (Lipinski definition) is 10. The van der Waals surface area contributed by atoms with Crippen molar-refractivity contribution < 1.29 is 33.2 Å². The predicted molar refractivity (Wildman–Crippen MR) is 179 cm³/mol. The van der Waals surface area contributed by atoms with Crippen LogP contribution in [0.2, 0.25) is 5.02 Å². The normalized spacial score (nSPS) is 20.0. The number of rotatable bonds is 9. The fraction of sp³-hybridized carbons (Fsp3) is 0.486. The van der Waals surface area contributed by atoms with Crippen LogP contribution in [0.25, 0.3) is 32.9 Å². The van der Waals surface area contributed by atoms with Gasteiger partial charge in [-0.15, -0.1) is 0 Å². The molecule has 11 nitrogen and oxygen atoms in total. The lowest BCUT2D eigenvalue weighted by Gasteiger charge is -2.42. The van der Waals surface area contributed by atoms with E-state index < -0.39 is 11.4 Å². The average Bonchev–Trinajstić information content (AvgIpc) is 3.79. The van der Waals surface area contributed by atoms with Crippen molar-refractivity contribution >= 4 is 45.2 Å². The van der Waals surface area contributed by atoms with Crippen LogP contribution in [0.3, 0.4) is 0 Å². The van der Waals surface area contributed by atoms with Gasteiger partial charge in [-0.3, -0.25) is 9.88 Å². The van der Waals surface area contributed by atoms with Gasteiger partial charge in [0.2, 0.25) is 0 Å². The molecular weight excluding hydrogens is 641 g/mol. The summed E-state index contributed by atoms with van der Waals surface area (Å²) in [5, 5.41) is 12.1. The number of nitrogens with zero attached hydrogens (tertiary/aromatic N) is 5. The maximum Gasteiger partial charge on any atom is 0.410 e. The smallest absolute Gasteiger partial charge is 0.410 e. The van der Waals surface area contributed by atoms with Crippen molar-refractivity contribution in [3.05, 3.63) is 47.4 Å². The molecule has 1 aliphatic carbocycles. The third-order valence-electron chi connectivity index (χ3n) is 9.33. The molecule has 2 unspecified atom stereocenters. The first kappa shape index (κ1) is 32.5. The quantitative estimate of drug-likeness (QED) is 0.200. The second kappa shape index (κ2) is 12.5. The van der Waals surface area contributed by atoms with Crippen LogP contribution in [-0.4, -0.2) is 88.9 Å². The van der Waals surface area contributed by atoms with Crippen LogP contribution >= 0.6 is 11.6 Å². The van der Waals surface area contributed by atoms with Gasteiger partial charge in [0, 0.05) is 47.8 Å². The topological polar surface area (TPSA) is 119 Å². The highest BCUT2D eigenvalue weighted by Crippen LogP contribution is 2.46. The molecule has 48 heavy (non-hydrogen) atoms. The summed E-state index contributed by atoms with van der Waals surface area (Å²) in [5.41, 5.74) is -0.423. The standard InChI is InChI=1S/C35H39ClFN5O6/c1-34(2,3)48-33(44)42-21-8-9-22(42)16-41(15-21)31-25-14-38-29(28(37)30(25)39-32(40-31)46-18-35(17-43)10-11-35)24-13-23(47-19-45-4)12-20-6-5-7-26(36)27(20)24/h5-7,12-14,21-22,43H,8-11,15-19H2,1-4H3. The van der Waals surface area contributed by atoms with Gasteiger partial charge >= 0.3 is 12.1 Å². The lowest BCUT2D eigenvalue weighted by atomic mass is 10.00. The Labute approximate surface area is 282 Å². The van der Waals surface area contributed by atoms with Gasteiger partial charge in [-0.25, -0.2) is 9.18 Å². The van der Waals surface area contributed by atoms with Crippen LogP contribution in [0.4, 0.5) is 15.0 Å². The average molecular weight is 680 g/mol. The molecule has 2 atom stereocenters. The summed E-state index contributed by atoms with van der Waals surface area (Å²) < 4.78 is 39.6. The van der Waals surface area contributed by atoms with E-state index in [0.717, 1.165) is 31.1 Å². The zero-order chi connectivity index (χ0) is 33.8. The number of piperazine rings is 1. The molecule has 2 aromatic carbocycles. The zero-order valence-electron chi connectivity index (χ0n) is 27.5. The van der Waals surface area contributed by atoms with Crippen molar-refractivity contribution in [1.82, 2.24) is 19.9 Å². The number of halogens is 2. The number of aliphatic hydroxyl groups is 1. The van der Waals surface area contributed by atoms with Crippen LogP contribution < -0.4 is 14.4 Å². The summed E-state index contributed by atoms with van der Waals surface area (Å²) in [4.78, 5) is 31.0. The first-order valence-electron chi connectivity index (χ1n) is 16.2. The number of aliphatic hydroxyl groups excluding tert-OH is 1. The molecule has 4 heterocycles. The second-order valence-corrected chi connectivity index (χ2v) is 14.4. The Morgan fingerprint density at radius 1 is 1.12 bits per heavy atom. The highest BCUT2D eigenvalue weighted by molar-refractivity contribution is 6.36. The predicted octanol–water partition coefficient (Wildman–Crippen LogP) is 6.36. The largest absolute Gasteiger partial charge is 0.468 e. The fourth-order valence-corrected chi connectivity index (χ4v) is 6.98. The number of fused-ring (bicyclic) bond motifs is 4. The number of anilines is 1. The number of aromatic nitrogens is 3. The molecule has 254 valence electrons. The van der Waals surface area contributed by atoms with Crippen LogP contribution in [0.1, 0.15) is 46.5 Å². The number of benzene rings is 2. The van der Waals surface area contributed by atoms with E-state index in [1.54, 1.807) is 18.3 Å². The highest BCUT2D eigenvalue weighted by Gasteiger charge is 2.46. The number of amides is 1. The van der Waals surface area contributed by atoms with Gasteiger partial charge in [0.25, 0.3) is 0 Å². The second-order valence-electron chi connectivity index (χ2n) is 14.0. The summed E-state index contributed by atoms with van der Waals surface area (Å²) in [6.07, 6.45) is 4.55. The monoisotopic (exact) mass is 679 g/mol. The molecule has 13 heteroatoms. The maximum absolute atomic E-state index is 16.9. The number of hydrogen-bond donors (Lipinski definition) is 1. The minimum atomic E-state index is -0.662. The summed E-state index contributed by atoms with van der Waals surface area (Å²) in [7, 11) is 1.52. The molecular formula is C35H39ClFN5O6. The molecule has 1 saturated carbocycles. The van der Waals surface area contributed by atoms with Gasteiger partial charge in [0.1, 0.15) is 28.4 Å². The minimum absolute atomic E-state index is 0.00887. The van der Waals surface area contributed by atoms with Gasteiger partial charge in [0.05, 0.1) is 30.7 Å². The van der Waals surface area contributed by atoms with Crippen molar-refractivity contribution in [2.45, 2.75) is 64.1 Å². The molecule has 1 N–H and O–H groups in total. The zero-order valence-corrected chi connectivity index (χ0v) is 28.2. The molecule has 7 rings (SSSR count). The van der Waals surface area contributed by atoms with E-state index in [2.05, 4.69) is 14.9 Å². The van der Waals surface area contributed by atoms with Crippen molar-refractivity contribution in [3.8, 4) is 23.0 Å². The Bertz CT molecular complexity index is 1870. The molecule has 1 amide bonds. The fourth-order valence-electron chi connectivity index (χ4n) is 6.70. The molecule has 2 saturated heterocycles. The number of carbonyl (C=O) groups is 1. The molecule has 2 aliphatic heterocycles. The van der Waals surface area contributed by atoms with Crippen LogP contribution in [0, 0.1) is 11.2 Å². The molecule has 2 aromatic heterocycles. The number of methoxy groups -OCH3 is 1. The maximum atomic E-state index is 16.9. The third kappa shape index (κ3) is 6.17. The Morgan fingerprint density at radius 2 is 1.88 bits per heavy atom. The lowest BCUT2D eigenvalue weighted by molar-refractivity contribution is 0.0122. The minimum Gasteiger partial charge on any atom is -0.468 e. The SMILES string of the molecule is COCOc1cc(-c2ncc3c(N4CC5CCC(C4)N5C(=O)OC(C)(C)C)nc(OCC4(CO)CC4)nc3c2F)c2c(Cl)cccc2c1. The summed E-state index contributed by atoms with van der Waals surface area (Å²) in [6, 6.07) is 8.75. The van der Waals surface area contributed by atoms with E-state index in [9.17, 15) is 9.90 Å². The Balaban J connectivity index is 1.32. The number of pyridine rings is 1. The van der Waals surface area contributed by atoms with Crippen molar-refractivity contribution in [2.24, 2.45) is 5.41 Å². The molecule has 4 aromatic rings. The van der Waals surface area contributed by atoms with Crippen molar-refractivity contribution in [2.75, 3.05) is 45.1 Å². The highest BCUT2D eigenvalue weighted by atomic mass is 35.5. The van der Waals surface area contributed by atoms with Gasteiger partial charge < -0.3 is 29.0 Å². The summed E-state index contributed by atoms with van der Waals surface area (Å²) in [6.45, 7) is 6.73. The first-order valence-corrected chi connectivity index (χ1v) is 16.6. The van der Waals surface area contributed by atoms with Crippen LogP contribution in [0.15, 0.2) is 36.5 Å². The van der Waals surface area contributed by atoms with Gasteiger partial charge in [-0.2, -0.15) is 9.97 Å². The molecule has 2 bridgehead atoms. The number of ether oxygens (including phenoxy) is 4. The third-order valence-corrected chi connectivity index (χ3v) is 9.64. The first-order chi connectivity index (χ1) is 23.0. The van der Waals surface area contributed by atoms with E-state index in [1.165, 1.54) is 7.11 Å². The lowest BCUT2D eigenvalue weighted by Crippen LogP contribution is -2.57. The van der Waals surface area contributed by atoms with E-state index in [-0.39, 0.29) is 60.8 Å². The number of carbonyl (C=O) groups excluding carboxylic acids is 1. The van der Waals surface area contributed by atoms with Crippen LogP contribution in [-0.2, 0) is 9.47 Å². The van der Waals surface area contributed by atoms with Crippen molar-refractivity contribution in [3.63, 3.8) is 0 Å². The van der Waals surface area contributed by atoms with Gasteiger partial charge in [0.15, 0.2) is 12.6 Å². The van der Waals surface area contributed by atoms with E-state index >= 15 is 4.39 Å². The van der Waals surface area contributed by atoms with E-state index in [0.29, 0.717) is 46.0 Å². The molecule has 3 aliphatic rings. The Hall–Kier alpha value is -4.00.